The van der Waals surface area contributed by atoms with Crippen LogP contribution in [0.3, 0.4) is 0 Å². The molecule has 0 fully saturated rings. The van der Waals surface area contributed by atoms with Gasteiger partial charge in [0.2, 0.25) is 0 Å². The van der Waals surface area contributed by atoms with E-state index in [2.05, 4.69) is 16.0 Å². The van der Waals surface area contributed by atoms with Crippen molar-refractivity contribution in [2.75, 3.05) is 13.6 Å². The number of urea groups is 1. The first-order valence-corrected chi connectivity index (χ1v) is 6.04. The van der Waals surface area contributed by atoms with E-state index in [9.17, 15) is 9.59 Å². The maximum absolute atomic E-state index is 11.6. The summed E-state index contributed by atoms with van der Waals surface area (Å²) in [6.45, 7) is 1.89. The number of nitrogens with one attached hydrogen (secondary N) is 3. The van der Waals surface area contributed by atoms with E-state index in [-0.39, 0.29) is 12.6 Å². The Bertz CT molecular complexity index is 422. The Kier molecular flexibility index (Phi) is 5.81. The van der Waals surface area contributed by atoms with Crippen molar-refractivity contribution in [1.29, 1.82) is 0 Å². The second kappa shape index (κ2) is 7.38. The van der Waals surface area contributed by atoms with Crippen LogP contribution in [0.1, 0.15) is 18.5 Å². The monoisotopic (exact) mass is 265 g/mol. The maximum Gasteiger partial charge on any atom is 0.322 e. The molecule has 0 saturated carbocycles. The quantitative estimate of drug-likeness (QED) is 0.610. The van der Waals surface area contributed by atoms with Crippen molar-refractivity contribution in [2.45, 2.75) is 19.0 Å². The molecule has 0 saturated heterocycles. The second-order valence-electron chi connectivity index (χ2n) is 4.17. The van der Waals surface area contributed by atoms with Crippen molar-refractivity contribution in [3.63, 3.8) is 0 Å². The molecule has 0 aliphatic heterocycles. The van der Waals surface area contributed by atoms with Crippen LogP contribution >= 0.6 is 0 Å². The van der Waals surface area contributed by atoms with Crippen LogP contribution in [0, 0.1) is 0 Å². The Morgan fingerprint density at radius 3 is 2.42 bits per heavy atom. The molecular weight excluding hydrogens is 246 g/mol. The number of carbonyl (C=O) groups excluding carboxylic acids is 1. The highest BCUT2D eigenvalue weighted by Gasteiger charge is 2.16. The predicted molar refractivity (Wildman–Crippen MR) is 71.9 cm³/mol. The van der Waals surface area contributed by atoms with Crippen LogP contribution in [0.15, 0.2) is 30.3 Å². The number of carboxylic acids is 1. The molecule has 2 amide bonds. The van der Waals surface area contributed by atoms with Crippen LogP contribution in [0.4, 0.5) is 4.79 Å². The zero-order chi connectivity index (χ0) is 14.3. The van der Waals surface area contributed by atoms with E-state index >= 15 is 0 Å². The minimum atomic E-state index is -1.00. The Morgan fingerprint density at radius 2 is 1.89 bits per heavy atom. The Labute approximate surface area is 112 Å². The number of rotatable bonds is 6. The van der Waals surface area contributed by atoms with E-state index in [1.165, 1.54) is 7.05 Å². The van der Waals surface area contributed by atoms with Gasteiger partial charge in [-0.15, -0.1) is 0 Å². The van der Waals surface area contributed by atoms with Gasteiger partial charge in [0.1, 0.15) is 6.04 Å². The summed E-state index contributed by atoms with van der Waals surface area (Å²) in [4.78, 5) is 22.4. The first kappa shape index (κ1) is 15.0. The van der Waals surface area contributed by atoms with Crippen molar-refractivity contribution >= 4 is 12.0 Å². The third kappa shape index (κ3) is 4.97. The van der Waals surface area contributed by atoms with E-state index < -0.39 is 18.0 Å². The van der Waals surface area contributed by atoms with Gasteiger partial charge in [0, 0.05) is 6.54 Å². The Morgan fingerprint density at radius 1 is 1.26 bits per heavy atom. The highest BCUT2D eigenvalue weighted by molar-refractivity contribution is 5.77. The second-order valence-corrected chi connectivity index (χ2v) is 4.17. The van der Waals surface area contributed by atoms with Gasteiger partial charge in [-0.1, -0.05) is 30.3 Å². The Balaban J connectivity index is 2.41. The molecule has 0 spiro atoms. The van der Waals surface area contributed by atoms with E-state index in [0.29, 0.717) is 0 Å². The molecule has 19 heavy (non-hydrogen) atoms. The van der Waals surface area contributed by atoms with E-state index in [1.54, 1.807) is 0 Å². The molecule has 0 bridgehead atoms. The molecule has 104 valence electrons. The zero-order valence-electron chi connectivity index (χ0n) is 11.0. The molecule has 0 heterocycles. The third-order valence-electron chi connectivity index (χ3n) is 2.76. The summed E-state index contributed by atoms with van der Waals surface area (Å²) in [5.74, 6) is -1.00. The first-order valence-electron chi connectivity index (χ1n) is 6.04. The van der Waals surface area contributed by atoms with Gasteiger partial charge in [0.15, 0.2) is 0 Å². The van der Waals surface area contributed by atoms with Crippen LogP contribution < -0.4 is 16.0 Å². The molecule has 6 heteroatoms. The van der Waals surface area contributed by atoms with Gasteiger partial charge < -0.3 is 21.1 Å². The van der Waals surface area contributed by atoms with Gasteiger partial charge in [-0.2, -0.15) is 0 Å². The number of carboxylic acid groups (broad SMARTS) is 1. The summed E-state index contributed by atoms with van der Waals surface area (Å²) in [7, 11) is 1.53. The lowest BCUT2D eigenvalue weighted by atomic mass is 10.1. The molecule has 6 nitrogen and oxygen atoms in total. The summed E-state index contributed by atoms with van der Waals surface area (Å²) in [6, 6.07) is 8.20. The lowest BCUT2D eigenvalue weighted by Crippen LogP contribution is -2.47. The third-order valence-corrected chi connectivity index (χ3v) is 2.76. The van der Waals surface area contributed by atoms with Crippen LogP contribution in [-0.4, -0.2) is 36.7 Å². The number of carbonyl (C=O) groups is 2. The van der Waals surface area contributed by atoms with Crippen LogP contribution in [0.2, 0.25) is 0 Å². The molecule has 1 unspecified atom stereocenters. The van der Waals surface area contributed by atoms with Gasteiger partial charge in [0.25, 0.3) is 0 Å². The average Bonchev–Trinajstić information content (AvgIpc) is 2.40. The molecule has 4 N–H and O–H groups in total. The fourth-order valence-electron chi connectivity index (χ4n) is 1.58. The van der Waals surface area contributed by atoms with Gasteiger partial charge in [-0.3, -0.25) is 4.79 Å². The summed E-state index contributed by atoms with van der Waals surface area (Å²) in [6.07, 6.45) is 0. The van der Waals surface area contributed by atoms with Crippen molar-refractivity contribution in [3.05, 3.63) is 35.9 Å². The summed E-state index contributed by atoms with van der Waals surface area (Å²) >= 11 is 0. The van der Waals surface area contributed by atoms with E-state index in [4.69, 9.17) is 5.11 Å². The van der Waals surface area contributed by atoms with Gasteiger partial charge in [-0.25, -0.2) is 4.79 Å². The van der Waals surface area contributed by atoms with Crippen molar-refractivity contribution in [1.82, 2.24) is 16.0 Å². The largest absolute Gasteiger partial charge is 0.480 e. The van der Waals surface area contributed by atoms with Crippen molar-refractivity contribution < 1.29 is 14.7 Å². The maximum atomic E-state index is 11.6. The number of amides is 2. The average molecular weight is 265 g/mol. The zero-order valence-corrected chi connectivity index (χ0v) is 11.0. The summed E-state index contributed by atoms with van der Waals surface area (Å²) in [5.41, 5.74) is 0.987. The molecule has 0 radical (unpaired) electrons. The minimum absolute atomic E-state index is 0.0270. The topological polar surface area (TPSA) is 90.5 Å². The molecule has 1 aromatic rings. The highest BCUT2D eigenvalue weighted by Crippen LogP contribution is 2.10. The standard InChI is InChI=1S/C13H19N3O3/c1-9(10-6-4-3-5-7-10)16-13(19)15-8-11(14-2)12(17)18/h3-7,9,11,14H,8H2,1-2H3,(H,17,18)(H2,15,16,19)/t9-,11?/m1/s1. The molecule has 1 aromatic carbocycles. The summed E-state index contributed by atoms with van der Waals surface area (Å²) in [5, 5.41) is 16.7. The van der Waals surface area contributed by atoms with Gasteiger partial charge in [0.05, 0.1) is 6.04 Å². The number of likely N-dealkylation sites (N-methyl/N-ethyl adjacent to an activating group) is 1. The van der Waals surface area contributed by atoms with E-state index in [1.807, 2.05) is 37.3 Å². The van der Waals surface area contributed by atoms with Crippen LogP contribution in [0.5, 0.6) is 0 Å². The highest BCUT2D eigenvalue weighted by atomic mass is 16.4. The normalized spacial score (nSPS) is 13.4. The fourth-order valence-corrected chi connectivity index (χ4v) is 1.58. The Hall–Kier alpha value is -2.08. The van der Waals surface area contributed by atoms with Crippen molar-refractivity contribution in [3.8, 4) is 0 Å². The molecule has 0 aromatic heterocycles. The molecule has 2 atom stereocenters. The smallest absolute Gasteiger partial charge is 0.322 e. The van der Waals surface area contributed by atoms with Gasteiger partial charge >= 0.3 is 12.0 Å². The van der Waals surface area contributed by atoms with E-state index in [0.717, 1.165) is 5.56 Å². The fraction of sp³-hybridized carbons (Fsp3) is 0.385. The molecule has 1 rings (SSSR count). The number of hydrogen-bond acceptors (Lipinski definition) is 3. The molecule has 0 aliphatic rings. The van der Waals surface area contributed by atoms with Gasteiger partial charge in [-0.05, 0) is 19.5 Å². The minimum Gasteiger partial charge on any atom is -0.480 e. The number of hydrogen-bond donors (Lipinski definition) is 4. The van der Waals surface area contributed by atoms with Crippen molar-refractivity contribution in [2.24, 2.45) is 0 Å². The van der Waals surface area contributed by atoms with Crippen LogP contribution in [-0.2, 0) is 4.79 Å². The molecular formula is C13H19N3O3. The predicted octanol–water partition coefficient (Wildman–Crippen LogP) is 0.719. The SMILES string of the molecule is CNC(CNC(=O)N[C@H](C)c1ccccc1)C(=O)O. The summed E-state index contributed by atoms with van der Waals surface area (Å²) < 4.78 is 0. The first-order chi connectivity index (χ1) is 9.04. The lowest BCUT2D eigenvalue weighted by molar-refractivity contribution is -0.139. The number of aliphatic carboxylic acids is 1. The molecule has 0 aliphatic carbocycles. The number of benzene rings is 1. The lowest BCUT2D eigenvalue weighted by Gasteiger charge is -2.17. The van der Waals surface area contributed by atoms with Crippen LogP contribution in [0.25, 0.3) is 0 Å².